The van der Waals surface area contributed by atoms with Crippen LogP contribution in [0.3, 0.4) is 0 Å². The standard InChI is InChI=1S/C21H30N4O2/c26-20(25-12-9-17-6-1-2-8-19(17)25)15-24-11-4-5-16(14-24)13-23-21(27)18-7-3-10-22-18/h1-2,6,8,16,18,22H,3-5,7,9-15H2,(H,23,27). The molecule has 2 N–H and O–H groups in total. The number of anilines is 1. The summed E-state index contributed by atoms with van der Waals surface area (Å²) in [5.74, 6) is 0.761. The molecule has 0 spiro atoms. The van der Waals surface area contributed by atoms with Crippen LogP contribution in [-0.2, 0) is 16.0 Å². The molecule has 3 aliphatic heterocycles. The number of para-hydroxylation sites is 1. The van der Waals surface area contributed by atoms with E-state index in [0.29, 0.717) is 19.0 Å². The average Bonchev–Trinajstić information content (AvgIpc) is 3.36. The van der Waals surface area contributed by atoms with Gasteiger partial charge < -0.3 is 15.5 Å². The molecule has 0 aromatic heterocycles. The minimum atomic E-state index is -0.0125. The Balaban J connectivity index is 1.26. The Bertz CT molecular complexity index is 687. The highest BCUT2D eigenvalue weighted by molar-refractivity contribution is 5.96. The van der Waals surface area contributed by atoms with Crippen LogP contribution in [0.1, 0.15) is 31.2 Å². The first-order valence-electron chi connectivity index (χ1n) is 10.3. The second-order valence-corrected chi connectivity index (χ2v) is 8.06. The number of fused-ring (bicyclic) bond motifs is 1. The van der Waals surface area contributed by atoms with Crippen molar-refractivity contribution in [3.05, 3.63) is 29.8 Å². The van der Waals surface area contributed by atoms with E-state index in [2.05, 4.69) is 21.6 Å². The van der Waals surface area contributed by atoms with Crippen LogP contribution in [0.25, 0.3) is 0 Å². The zero-order valence-electron chi connectivity index (χ0n) is 16.0. The maximum Gasteiger partial charge on any atom is 0.241 e. The number of carbonyl (C=O) groups is 2. The van der Waals surface area contributed by atoms with E-state index >= 15 is 0 Å². The molecule has 0 bridgehead atoms. The molecule has 3 heterocycles. The predicted molar refractivity (Wildman–Crippen MR) is 106 cm³/mol. The highest BCUT2D eigenvalue weighted by Crippen LogP contribution is 2.27. The minimum Gasteiger partial charge on any atom is -0.354 e. The van der Waals surface area contributed by atoms with Crippen LogP contribution >= 0.6 is 0 Å². The third-order valence-corrected chi connectivity index (χ3v) is 6.09. The molecule has 2 atom stereocenters. The van der Waals surface area contributed by atoms with Gasteiger partial charge in [-0.15, -0.1) is 0 Å². The zero-order chi connectivity index (χ0) is 18.6. The zero-order valence-corrected chi connectivity index (χ0v) is 16.0. The van der Waals surface area contributed by atoms with Crippen molar-refractivity contribution in [1.82, 2.24) is 15.5 Å². The van der Waals surface area contributed by atoms with Crippen molar-refractivity contribution in [1.29, 1.82) is 0 Å². The number of hydrogen-bond acceptors (Lipinski definition) is 4. The molecule has 1 aromatic rings. The van der Waals surface area contributed by atoms with Crippen LogP contribution in [-0.4, -0.2) is 62.0 Å². The van der Waals surface area contributed by atoms with Crippen molar-refractivity contribution in [2.24, 2.45) is 5.92 Å². The number of nitrogens with zero attached hydrogens (tertiary/aromatic N) is 2. The first kappa shape index (κ1) is 18.4. The van der Waals surface area contributed by atoms with Gasteiger partial charge in [0.1, 0.15) is 0 Å². The first-order chi connectivity index (χ1) is 13.2. The Labute approximate surface area is 161 Å². The van der Waals surface area contributed by atoms with Crippen molar-refractivity contribution in [2.45, 2.75) is 38.1 Å². The quantitative estimate of drug-likeness (QED) is 0.816. The first-order valence-corrected chi connectivity index (χ1v) is 10.3. The van der Waals surface area contributed by atoms with Gasteiger partial charge in [-0.25, -0.2) is 0 Å². The number of hydrogen-bond donors (Lipinski definition) is 2. The summed E-state index contributed by atoms with van der Waals surface area (Å²) in [6, 6.07) is 8.19. The number of nitrogens with one attached hydrogen (secondary N) is 2. The Kier molecular flexibility index (Phi) is 5.74. The summed E-state index contributed by atoms with van der Waals surface area (Å²) in [6.45, 7) is 4.78. The number of carbonyl (C=O) groups excluding carboxylic acids is 2. The van der Waals surface area contributed by atoms with Gasteiger partial charge in [0.2, 0.25) is 11.8 Å². The lowest BCUT2D eigenvalue weighted by Gasteiger charge is -2.33. The van der Waals surface area contributed by atoms with Crippen molar-refractivity contribution < 1.29 is 9.59 Å². The van der Waals surface area contributed by atoms with Gasteiger partial charge in [0.25, 0.3) is 0 Å². The van der Waals surface area contributed by atoms with Gasteiger partial charge in [-0.1, -0.05) is 18.2 Å². The summed E-state index contributed by atoms with van der Waals surface area (Å²) >= 11 is 0. The van der Waals surface area contributed by atoms with E-state index in [9.17, 15) is 9.59 Å². The van der Waals surface area contributed by atoms with E-state index in [0.717, 1.165) is 64.0 Å². The molecule has 2 amide bonds. The molecule has 6 heteroatoms. The van der Waals surface area contributed by atoms with Crippen LogP contribution < -0.4 is 15.5 Å². The van der Waals surface area contributed by atoms with Gasteiger partial charge in [-0.05, 0) is 62.7 Å². The van der Waals surface area contributed by atoms with E-state index in [1.807, 2.05) is 23.1 Å². The SMILES string of the molecule is O=C(NCC1CCCN(CC(=O)N2CCc3ccccc32)C1)C1CCCN1. The summed E-state index contributed by atoms with van der Waals surface area (Å²) < 4.78 is 0. The summed E-state index contributed by atoms with van der Waals surface area (Å²) in [6.07, 6.45) is 5.18. The normalized spacial score (nSPS) is 25.4. The van der Waals surface area contributed by atoms with Gasteiger partial charge >= 0.3 is 0 Å². The van der Waals surface area contributed by atoms with Crippen LogP contribution in [0, 0.1) is 5.92 Å². The van der Waals surface area contributed by atoms with Gasteiger partial charge in [0, 0.05) is 25.3 Å². The topological polar surface area (TPSA) is 64.7 Å². The van der Waals surface area contributed by atoms with Gasteiger partial charge in [0.15, 0.2) is 0 Å². The predicted octanol–water partition coefficient (Wildman–Crippen LogP) is 1.16. The van der Waals surface area contributed by atoms with E-state index in [4.69, 9.17) is 0 Å². The highest BCUT2D eigenvalue weighted by Gasteiger charge is 2.28. The fraction of sp³-hybridized carbons (Fsp3) is 0.619. The Morgan fingerprint density at radius 3 is 2.89 bits per heavy atom. The number of likely N-dealkylation sites (tertiary alicyclic amines) is 1. The lowest BCUT2D eigenvalue weighted by molar-refractivity contribution is -0.123. The summed E-state index contributed by atoms with van der Waals surface area (Å²) in [4.78, 5) is 29.2. The molecular weight excluding hydrogens is 340 g/mol. The summed E-state index contributed by atoms with van der Waals surface area (Å²) in [5, 5.41) is 6.36. The Morgan fingerprint density at radius 2 is 2.04 bits per heavy atom. The largest absolute Gasteiger partial charge is 0.354 e. The molecule has 4 rings (SSSR count). The Hall–Kier alpha value is -1.92. The summed E-state index contributed by atoms with van der Waals surface area (Å²) in [7, 11) is 0. The summed E-state index contributed by atoms with van der Waals surface area (Å²) in [5.41, 5.74) is 2.35. The maximum absolute atomic E-state index is 12.8. The van der Waals surface area contributed by atoms with Crippen molar-refractivity contribution >= 4 is 17.5 Å². The third kappa shape index (κ3) is 4.33. The highest BCUT2D eigenvalue weighted by atomic mass is 16.2. The molecule has 27 heavy (non-hydrogen) atoms. The molecule has 1 aromatic carbocycles. The van der Waals surface area contributed by atoms with Crippen molar-refractivity contribution in [3.63, 3.8) is 0 Å². The van der Waals surface area contributed by atoms with E-state index in [1.165, 1.54) is 5.56 Å². The molecular formula is C21H30N4O2. The minimum absolute atomic E-state index is 0.0125. The Morgan fingerprint density at radius 1 is 1.15 bits per heavy atom. The monoisotopic (exact) mass is 370 g/mol. The molecule has 0 radical (unpaired) electrons. The van der Waals surface area contributed by atoms with E-state index in [-0.39, 0.29) is 17.9 Å². The molecule has 146 valence electrons. The average molecular weight is 370 g/mol. The van der Waals surface area contributed by atoms with Gasteiger partial charge in [-0.3, -0.25) is 14.5 Å². The van der Waals surface area contributed by atoms with Crippen molar-refractivity contribution in [3.8, 4) is 0 Å². The van der Waals surface area contributed by atoms with Crippen LogP contribution in [0.5, 0.6) is 0 Å². The van der Waals surface area contributed by atoms with E-state index in [1.54, 1.807) is 0 Å². The van der Waals surface area contributed by atoms with Gasteiger partial charge in [-0.2, -0.15) is 0 Å². The van der Waals surface area contributed by atoms with Gasteiger partial charge in [0.05, 0.1) is 12.6 Å². The number of amides is 2. The molecule has 0 aliphatic carbocycles. The molecule has 6 nitrogen and oxygen atoms in total. The number of benzene rings is 1. The molecule has 2 fully saturated rings. The van der Waals surface area contributed by atoms with E-state index < -0.39 is 0 Å². The fourth-order valence-corrected chi connectivity index (χ4v) is 4.61. The second-order valence-electron chi connectivity index (χ2n) is 8.06. The molecule has 3 aliphatic rings. The fourth-order valence-electron chi connectivity index (χ4n) is 4.61. The van der Waals surface area contributed by atoms with Crippen LogP contribution in [0.2, 0.25) is 0 Å². The van der Waals surface area contributed by atoms with Crippen LogP contribution in [0.15, 0.2) is 24.3 Å². The van der Waals surface area contributed by atoms with Crippen LogP contribution in [0.4, 0.5) is 5.69 Å². The van der Waals surface area contributed by atoms with Crippen molar-refractivity contribution in [2.75, 3.05) is 44.2 Å². The molecule has 2 unspecified atom stereocenters. The molecule has 2 saturated heterocycles. The number of rotatable bonds is 5. The maximum atomic E-state index is 12.8. The lowest BCUT2D eigenvalue weighted by atomic mass is 9.97. The lowest BCUT2D eigenvalue weighted by Crippen LogP contribution is -2.47. The molecule has 0 saturated carbocycles. The smallest absolute Gasteiger partial charge is 0.241 e. The third-order valence-electron chi connectivity index (χ3n) is 6.09. The number of piperidine rings is 1. The second kappa shape index (κ2) is 8.40.